The fourth-order valence-corrected chi connectivity index (χ4v) is 3.95. The average Bonchev–Trinajstić information content (AvgIpc) is 2.68. The second-order valence-electron chi connectivity index (χ2n) is 7.32. The van der Waals surface area contributed by atoms with E-state index in [1.165, 1.54) is 12.0 Å². The van der Waals surface area contributed by atoms with Gasteiger partial charge in [0.15, 0.2) is 0 Å². The first-order chi connectivity index (χ1) is 12.7. The minimum Gasteiger partial charge on any atom is -0.338 e. The van der Waals surface area contributed by atoms with Crippen molar-refractivity contribution >= 4 is 5.91 Å². The number of carbonyl (C=O) groups excluding carboxylic acids is 1. The number of fused-ring (bicyclic) bond motifs is 1. The van der Waals surface area contributed by atoms with Gasteiger partial charge < -0.3 is 4.90 Å². The number of piperidine rings is 1. The molecule has 1 atom stereocenters. The van der Waals surface area contributed by atoms with Gasteiger partial charge in [-0.05, 0) is 37.1 Å². The lowest BCUT2D eigenvalue weighted by Gasteiger charge is -2.33. The molecule has 0 aromatic carbocycles. The zero-order chi connectivity index (χ0) is 17.9. The van der Waals surface area contributed by atoms with E-state index < -0.39 is 0 Å². The molecule has 4 rings (SSSR count). The molecule has 2 aliphatic rings. The maximum Gasteiger partial charge on any atom is 0.219 e. The number of rotatable bonds is 3. The third-order valence-electron chi connectivity index (χ3n) is 5.42. The van der Waals surface area contributed by atoms with Crippen LogP contribution < -0.4 is 0 Å². The second kappa shape index (κ2) is 7.50. The first-order valence-electron chi connectivity index (χ1n) is 9.40. The largest absolute Gasteiger partial charge is 0.338 e. The van der Waals surface area contributed by atoms with Gasteiger partial charge in [0, 0.05) is 69.6 Å². The Morgan fingerprint density at radius 2 is 2.12 bits per heavy atom. The molecule has 136 valence electrons. The van der Waals surface area contributed by atoms with Crippen LogP contribution in [0.4, 0.5) is 0 Å². The van der Waals surface area contributed by atoms with Crippen molar-refractivity contribution in [3.05, 3.63) is 53.4 Å². The standard InChI is InChI=1S/C20H25N5O/c1-15(26)25-10-6-19-18(14-25)11-22-20(23-19)17-3-2-9-24(13-17)12-16-4-7-21-8-5-16/h4-5,7-8,11,17H,2-3,6,9-10,12-14H2,1H3/t17-/m0/s1. The summed E-state index contributed by atoms with van der Waals surface area (Å²) in [7, 11) is 0. The summed E-state index contributed by atoms with van der Waals surface area (Å²) < 4.78 is 0. The Hall–Kier alpha value is -2.34. The molecule has 2 aromatic rings. The van der Waals surface area contributed by atoms with E-state index in [0.29, 0.717) is 12.5 Å². The highest BCUT2D eigenvalue weighted by Crippen LogP contribution is 2.27. The molecule has 26 heavy (non-hydrogen) atoms. The predicted octanol–water partition coefficient (Wildman–Crippen LogP) is 2.16. The van der Waals surface area contributed by atoms with Crippen molar-refractivity contribution in [1.29, 1.82) is 0 Å². The normalized spacial score (nSPS) is 20.7. The number of aromatic nitrogens is 3. The Morgan fingerprint density at radius 1 is 1.27 bits per heavy atom. The highest BCUT2D eigenvalue weighted by Gasteiger charge is 2.26. The number of hydrogen-bond donors (Lipinski definition) is 0. The monoisotopic (exact) mass is 351 g/mol. The molecule has 0 radical (unpaired) electrons. The van der Waals surface area contributed by atoms with Gasteiger partial charge in [0.25, 0.3) is 0 Å². The van der Waals surface area contributed by atoms with Crippen LogP contribution in [0.5, 0.6) is 0 Å². The lowest BCUT2D eigenvalue weighted by molar-refractivity contribution is -0.129. The van der Waals surface area contributed by atoms with Crippen LogP contribution in [-0.4, -0.2) is 50.3 Å². The average molecular weight is 351 g/mol. The number of amides is 1. The third kappa shape index (κ3) is 3.75. The van der Waals surface area contributed by atoms with Crippen LogP contribution in [0.3, 0.4) is 0 Å². The van der Waals surface area contributed by atoms with Gasteiger partial charge >= 0.3 is 0 Å². The Kier molecular flexibility index (Phi) is 4.93. The number of hydrogen-bond acceptors (Lipinski definition) is 5. The molecular formula is C20H25N5O. The molecule has 1 saturated heterocycles. The van der Waals surface area contributed by atoms with Crippen LogP contribution in [0, 0.1) is 0 Å². The fourth-order valence-electron chi connectivity index (χ4n) is 3.95. The third-order valence-corrected chi connectivity index (χ3v) is 5.42. The van der Waals surface area contributed by atoms with Gasteiger partial charge in [0.2, 0.25) is 5.91 Å². The van der Waals surface area contributed by atoms with Crippen LogP contribution in [0.15, 0.2) is 30.7 Å². The van der Waals surface area contributed by atoms with E-state index in [-0.39, 0.29) is 5.91 Å². The zero-order valence-corrected chi connectivity index (χ0v) is 15.3. The SMILES string of the molecule is CC(=O)N1CCc2nc([C@H]3CCCN(Cc4ccncc4)C3)ncc2C1. The molecule has 0 spiro atoms. The number of likely N-dealkylation sites (tertiary alicyclic amines) is 1. The molecule has 0 N–H and O–H groups in total. The van der Waals surface area contributed by atoms with Gasteiger partial charge in [-0.3, -0.25) is 14.7 Å². The zero-order valence-electron chi connectivity index (χ0n) is 15.3. The lowest BCUT2D eigenvalue weighted by atomic mass is 9.96. The molecule has 1 amide bonds. The number of carbonyl (C=O) groups is 1. The second-order valence-corrected chi connectivity index (χ2v) is 7.32. The van der Waals surface area contributed by atoms with Crippen molar-refractivity contribution in [2.45, 2.75) is 45.2 Å². The van der Waals surface area contributed by atoms with Crippen molar-refractivity contribution in [2.75, 3.05) is 19.6 Å². The van der Waals surface area contributed by atoms with E-state index in [2.05, 4.69) is 27.0 Å². The molecule has 0 aliphatic carbocycles. The van der Waals surface area contributed by atoms with E-state index in [9.17, 15) is 4.79 Å². The molecule has 6 heteroatoms. The molecule has 2 aromatic heterocycles. The Morgan fingerprint density at radius 3 is 2.92 bits per heavy atom. The predicted molar refractivity (Wildman–Crippen MR) is 98.3 cm³/mol. The first kappa shape index (κ1) is 17.1. The first-order valence-corrected chi connectivity index (χ1v) is 9.40. The quantitative estimate of drug-likeness (QED) is 0.848. The van der Waals surface area contributed by atoms with Gasteiger partial charge in [-0.1, -0.05) is 0 Å². The Balaban J connectivity index is 1.45. The van der Waals surface area contributed by atoms with Crippen molar-refractivity contribution in [2.24, 2.45) is 0 Å². The van der Waals surface area contributed by atoms with Crippen molar-refractivity contribution in [3.63, 3.8) is 0 Å². The molecule has 4 heterocycles. The summed E-state index contributed by atoms with van der Waals surface area (Å²) in [6, 6.07) is 4.17. The Bertz CT molecular complexity index is 779. The van der Waals surface area contributed by atoms with Crippen LogP contribution in [-0.2, 0) is 24.3 Å². The van der Waals surface area contributed by atoms with E-state index in [0.717, 1.165) is 56.1 Å². The van der Waals surface area contributed by atoms with Gasteiger partial charge in [0.1, 0.15) is 5.82 Å². The highest BCUT2D eigenvalue weighted by atomic mass is 16.2. The van der Waals surface area contributed by atoms with Gasteiger partial charge in [-0.15, -0.1) is 0 Å². The topological polar surface area (TPSA) is 62.2 Å². The molecule has 1 fully saturated rings. The smallest absolute Gasteiger partial charge is 0.219 e. The van der Waals surface area contributed by atoms with E-state index in [4.69, 9.17) is 4.98 Å². The summed E-state index contributed by atoms with van der Waals surface area (Å²) in [6.45, 7) is 6.11. The van der Waals surface area contributed by atoms with Gasteiger partial charge in [-0.25, -0.2) is 9.97 Å². The van der Waals surface area contributed by atoms with Crippen LogP contribution >= 0.6 is 0 Å². The summed E-state index contributed by atoms with van der Waals surface area (Å²) in [5, 5.41) is 0. The molecule has 6 nitrogen and oxygen atoms in total. The number of pyridine rings is 1. The van der Waals surface area contributed by atoms with Gasteiger partial charge in [0.05, 0.1) is 5.69 Å². The van der Waals surface area contributed by atoms with Crippen molar-refractivity contribution in [3.8, 4) is 0 Å². The maximum absolute atomic E-state index is 11.6. The molecular weight excluding hydrogens is 326 g/mol. The summed E-state index contributed by atoms with van der Waals surface area (Å²) >= 11 is 0. The summed E-state index contributed by atoms with van der Waals surface area (Å²) in [5.74, 6) is 1.49. The van der Waals surface area contributed by atoms with Crippen LogP contribution in [0.25, 0.3) is 0 Å². The molecule has 0 saturated carbocycles. The van der Waals surface area contributed by atoms with E-state index in [1.807, 2.05) is 23.5 Å². The van der Waals surface area contributed by atoms with Gasteiger partial charge in [-0.2, -0.15) is 0 Å². The molecule has 2 aliphatic heterocycles. The highest BCUT2D eigenvalue weighted by molar-refractivity contribution is 5.73. The minimum atomic E-state index is 0.124. The maximum atomic E-state index is 11.6. The Labute approximate surface area is 154 Å². The summed E-state index contributed by atoms with van der Waals surface area (Å²) in [6.07, 6.45) is 8.80. The molecule has 0 bridgehead atoms. The number of nitrogens with zero attached hydrogens (tertiary/aromatic N) is 5. The summed E-state index contributed by atoms with van der Waals surface area (Å²) in [5.41, 5.74) is 3.52. The molecule has 0 unspecified atom stereocenters. The lowest BCUT2D eigenvalue weighted by Crippen LogP contribution is -2.36. The summed E-state index contributed by atoms with van der Waals surface area (Å²) in [4.78, 5) is 29.6. The van der Waals surface area contributed by atoms with E-state index >= 15 is 0 Å². The van der Waals surface area contributed by atoms with Crippen molar-refractivity contribution in [1.82, 2.24) is 24.8 Å². The minimum absolute atomic E-state index is 0.124. The van der Waals surface area contributed by atoms with E-state index in [1.54, 1.807) is 6.92 Å². The van der Waals surface area contributed by atoms with Crippen LogP contribution in [0.1, 0.15) is 48.3 Å². The fraction of sp³-hybridized carbons (Fsp3) is 0.500. The van der Waals surface area contributed by atoms with Crippen LogP contribution in [0.2, 0.25) is 0 Å². The van der Waals surface area contributed by atoms with Crippen molar-refractivity contribution < 1.29 is 4.79 Å².